The van der Waals surface area contributed by atoms with E-state index in [0.29, 0.717) is 19.4 Å². The molecule has 47 heavy (non-hydrogen) atoms. The first-order valence-electron chi connectivity index (χ1n) is 20.7. The minimum atomic E-state index is -0.0778. The molecule has 0 amide bonds. The van der Waals surface area contributed by atoms with Crippen molar-refractivity contribution in [2.45, 2.75) is 226 Å². The lowest BCUT2D eigenvalue weighted by atomic mass is 10.0. The van der Waals surface area contributed by atoms with E-state index in [1.54, 1.807) is 0 Å². The second kappa shape index (κ2) is 36.1. The van der Waals surface area contributed by atoms with Crippen molar-refractivity contribution in [1.29, 1.82) is 0 Å². The minimum absolute atomic E-state index is 0.00476. The molecule has 0 fully saturated rings. The molecule has 0 aliphatic carbocycles. The first kappa shape index (κ1) is 45.9. The van der Waals surface area contributed by atoms with Gasteiger partial charge in [0.15, 0.2) is 0 Å². The molecule has 0 saturated heterocycles. The van der Waals surface area contributed by atoms with Crippen LogP contribution in [0.3, 0.4) is 0 Å². The number of carbonyl (C=O) groups is 2. The number of aliphatic hydroxyl groups excluding tert-OH is 1. The van der Waals surface area contributed by atoms with Crippen molar-refractivity contribution < 1.29 is 24.2 Å². The van der Waals surface area contributed by atoms with E-state index in [0.717, 1.165) is 83.7 Å². The Kier molecular flexibility index (Phi) is 35.3. The molecule has 0 heterocycles. The number of ether oxygens (including phenoxy) is 2. The van der Waals surface area contributed by atoms with Crippen molar-refractivity contribution in [1.82, 2.24) is 4.90 Å². The van der Waals surface area contributed by atoms with E-state index >= 15 is 0 Å². The van der Waals surface area contributed by atoms with Crippen LogP contribution in [0.1, 0.15) is 214 Å². The number of unbranched alkanes of at least 4 members (excludes halogenated alkanes) is 18. The monoisotopic (exact) mass is 668 g/mol. The normalized spacial score (nSPS) is 12.8. The summed E-state index contributed by atoms with van der Waals surface area (Å²) in [6, 6.07) is 0. The standard InChI is InChI=1S/C41H81NO5/c1-5-9-12-15-19-23-29-38(8-4)46-41(45)33-28-35-42(36-37-43)34-27-22-17-21-26-32-40(44)47-39(30-24-18-14-11-7-3)31-25-20-16-13-10-6-2/h38-39,43H,5-37H2,1-4H3. The smallest absolute Gasteiger partial charge is 0.306 e. The number of nitrogens with zero attached hydrogens (tertiary/aromatic N) is 1. The van der Waals surface area contributed by atoms with Crippen LogP contribution in [-0.4, -0.2) is 60.4 Å². The zero-order chi connectivity index (χ0) is 34.6. The van der Waals surface area contributed by atoms with Crippen LogP contribution >= 0.6 is 0 Å². The molecule has 0 bridgehead atoms. The second-order valence-electron chi connectivity index (χ2n) is 14.1. The summed E-state index contributed by atoms with van der Waals surface area (Å²) < 4.78 is 11.8. The summed E-state index contributed by atoms with van der Waals surface area (Å²) in [6.45, 7) is 11.4. The highest BCUT2D eigenvalue weighted by Gasteiger charge is 2.15. The van der Waals surface area contributed by atoms with Crippen molar-refractivity contribution >= 4 is 11.9 Å². The zero-order valence-corrected chi connectivity index (χ0v) is 32.0. The average Bonchev–Trinajstić information content (AvgIpc) is 3.06. The van der Waals surface area contributed by atoms with Crippen LogP contribution in [-0.2, 0) is 19.1 Å². The van der Waals surface area contributed by atoms with E-state index in [1.807, 2.05) is 0 Å². The Morgan fingerprint density at radius 2 is 0.851 bits per heavy atom. The fraction of sp³-hybridized carbons (Fsp3) is 0.951. The average molecular weight is 668 g/mol. The molecule has 0 aromatic rings. The maximum absolute atomic E-state index is 12.6. The van der Waals surface area contributed by atoms with Crippen molar-refractivity contribution in [2.24, 2.45) is 0 Å². The minimum Gasteiger partial charge on any atom is -0.462 e. The van der Waals surface area contributed by atoms with E-state index in [2.05, 4.69) is 32.6 Å². The number of hydrogen-bond donors (Lipinski definition) is 1. The van der Waals surface area contributed by atoms with E-state index in [-0.39, 0.29) is 30.8 Å². The van der Waals surface area contributed by atoms with Gasteiger partial charge in [-0.2, -0.15) is 0 Å². The first-order valence-corrected chi connectivity index (χ1v) is 20.7. The molecule has 2 unspecified atom stereocenters. The Balaban J connectivity index is 4.15. The summed E-state index contributed by atoms with van der Waals surface area (Å²) in [5.74, 6) is -0.0825. The first-order chi connectivity index (χ1) is 23.0. The van der Waals surface area contributed by atoms with Gasteiger partial charge in [0.25, 0.3) is 0 Å². The highest BCUT2D eigenvalue weighted by atomic mass is 16.5. The van der Waals surface area contributed by atoms with Gasteiger partial charge in [-0.05, 0) is 77.3 Å². The summed E-state index contributed by atoms with van der Waals surface area (Å²) in [7, 11) is 0. The summed E-state index contributed by atoms with van der Waals surface area (Å²) in [5.41, 5.74) is 0. The van der Waals surface area contributed by atoms with Crippen molar-refractivity contribution in [3.63, 3.8) is 0 Å². The largest absolute Gasteiger partial charge is 0.462 e. The summed E-state index contributed by atoms with van der Waals surface area (Å²) in [5, 5.41) is 9.53. The van der Waals surface area contributed by atoms with Crippen LogP contribution < -0.4 is 0 Å². The number of aliphatic hydroxyl groups is 1. The van der Waals surface area contributed by atoms with Crippen molar-refractivity contribution in [3.05, 3.63) is 0 Å². The van der Waals surface area contributed by atoms with Gasteiger partial charge in [0.1, 0.15) is 12.2 Å². The lowest BCUT2D eigenvalue weighted by Crippen LogP contribution is -2.29. The number of hydrogen-bond acceptors (Lipinski definition) is 6. The second-order valence-corrected chi connectivity index (χ2v) is 14.1. The number of esters is 2. The van der Waals surface area contributed by atoms with Gasteiger partial charge >= 0.3 is 11.9 Å². The molecular formula is C41H81NO5. The highest BCUT2D eigenvalue weighted by molar-refractivity contribution is 5.69. The SMILES string of the molecule is CCCCCCCCC(CC)OC(=O)CCCN(CCO)CCCCCCCC(=O)OC(CCCCCCC)CCCCCCCC. The highest BCUT2D eigenvalue weighted by Crippen LogP contribution is 2.18. The molecule has 0 aliphatic heterocycles. The van der Waals surface area contributed by atoms with Crippen molar-refractivity contribution in [2.75, 3.05) is 26.2 Å². The van der Waals surface area contributed by atoms with Gasteiger partial charge in [0.05, 0.1) is 6.61 Å². The van der Waals surface area contributed by atoms with Crippen LogP contribution in [0.15, 0.2) is 0 Å². The zero-order valence-electron chi connectivity index (χ0n) is 32.0. The Bertz CT molecular complexity index is 672. The quantitative estimate of drug-likeness (QED) is 0.0525. The van der Waals surface area contributed by atoms with E-state index in [1.165, 1.54) is 103 Å². The van der Waals surface area contributed by atoms with Crippen LogP contribution in [0.25, 0.3) is 0 Å². The maximum Gasteiger partial charge on any atom is 0.306 e. The predicted molar refractivity (Wildman–Crippen MR) is 200 cm³/mol. The maximum atomic E-state index is 12.6. The van der Waals surface area contributed by atoms with Gasteiger partial charge in [-0.1, -0.05) is 137 Å². The third-order valence-electron chi connectivity index (χ3n) is 9.57. The molecule has 6 nitrogen and oxygen atoms in total. The lowest BCUT2D eigenvalue weighted by Gasteiger charge is -2.21. The Hall–Kier alpha value is -1.14. The summed E-state index contributed by atoms with van der Waals surface area (Å²) in [4.78, 5) is 27.4. The molecule has 0 aliphatic rings. The van der Waals surface area contributed by atoms with Crippen LogP contribution in [0.5, 0.6) is 0 Å². The van der Waals surface area contributed by atoms with E-state index in [9.17, 15) is 14.7 Å². The molecule has 0 saturated carbocycles. The van der Waals surface area contributed by atoms with Gasteiger partial charge < -0.3 is 19.5 Å². The molecule has 0 radical (unpaired) electrons. The summed E-state index contributed by atoms with van der Waals surface area (Å²) >= 11 is 0. The molecular weight excluding hydrogens is 586 g/mol. The molecule has 0 aromatic carbocycles. The lowest BCUT2D eigenvalue weighted by molar-refractivity contribution is -0.150. The van der Waals surface area contributed by atoms with E-state index < -0.39 is 0 Å². The number of rotatable bonds is 37. The van der Waals surface area contributed by atoms with Gasteiger partial charge in [0, 0.05) is 19.4 Å². The molecule has 0 spiro atoms. The molecule has 2 atom stereocenters. The van der Waals surface area contributed by atoms with Crippen LogP contribution in [0.2, 0.25) is 0 Å². The van der Waals surface area contributed by atoms with E-state index in [4.69, 9.17) is 9.47 Å². The molecule has 280 valence electrons. The Morgan fingerprint density at radius 1 is 0.468 bits per heavy atom. The Labute approximate surface area is 292 Å². The summed E-state index contributed by atoms with van der Waals surface area (Å²) in [6.07, 6.45) is 32.6. The third kappa shape index (κ3) is 31.9. The Morgan fingerprint density at radius 3 is 1.34 bits per heavy atom. The van der Waals surface area contributed by atoms with Gasteiger partial charge in [-0.25, -0.2) is 0 Å². The molecule has 0 rings (SSSR count). The van der Waals surface area contributed by atoms with Gasteiger partial charge in [0.2, 0.25) is 0 Å². The van der Waals surface area contributed by atoms with Crippen LogP contribution in [0, 0.1) is 0 Å². The predicted octanol–water partition coefficient (Wildman–Crippen LogP) is 11.5. The molecule has 0 aromatic heterocycles. The van der Waals surface area contributed by atoms with Gasteiger partial charge in [-0.15, -0.1) is 0 Å². The topological polar surface area (TPSA) is 76.1 Å². The third-order valence-corrected chi connectivity index (χ3v) is 9.57. The fourth-order valence-electron chi connectivity index (χ4n) is 6.44. The van der Waals surface area contributed by atoms with Crippen LogP contribution in [0.4, 0.5) is 0 Å². The van der Waals surface area contributed by atoms with Crippen molar-refractivity contribution in [3.8, 4) is 0 Å². The van der Waals surface area contributed by atoms with Gasteiger partial charge in [-0.3, -0.25) is 9.59 Å². The molecule has 1 N–H and O–H groups in total. The number of carbonyl (C=O) groups excluding carboxylic acids is 2. The molecule has 6 heteroatoms. The fourth-order valence-corrected chi connectivity index (χ4v) is 6.44.